The number of alkyl halides is 3. The molecule has 0 bridgehead atoms. The third kappa shape index (κ3) is 5.15. The molecule has 1 aliphatic rings. The van der Waals surface area contributed by atoms with Gasteiger partial charge < -0.3 is 0 Å². The Hall–Kier alpha value is -1.37. The summed E-state index contributed by atoms with van der Waals surface area (Å²) in [6.45, 7) is 1.47. The van der Waals surface area contributed by atoms with E-state index in [2.05, 4.69) is 20.4 Å². The molecular weight excluding hydrogens is 301 g/mol. The molecule has 1 heterocycles. The summed E-state index contributed by atoms with van der Waals surface area (Å²) in [7, 11) is 0. The Kier molecular flexibility index (Phi) is 5.39. The molecule has 2 rings (SSSR count). The van der Waals surface area contributed by atoms with Gasteiger partial charge in [-0.3, -0.25) is 0 Å². The van der Waals surface area contributed by atoms with Gasteiger partial charge in [-0.1, -0.05) is 23.3 Å². The van der Waals surface area contributed by atoms with Gasteiger partial charge in [0.05, 0.1) is 6.42 Å². The third-order valence-electron chi connectivity index (χ3n) is 3.17. The molecule has 8 heteroatoms. The lowest BCUT2D eigenvalue weighted by molar-refractivity contribution is -0.138. The van der Waals surface area contributed by atoms with Crippen molar-refractivity contribution in [2.45, 2.75) is 42.9 Å². The van der Waals surface area contributed by atoms with Crippen molar-refractivity contribution in [1.82, 2.24) is 4.31 Å². The first kappa shape index (κ1) is 16.0. The molecule has 1 aromatic rings. The van der Waals surface area contributed by atoms with Crippen LogP contribution in [0.15, 0.2) is 34.3 Å². The number of benzene rings is 1. The molecule has 1 aliphatic heterocycles. The molecule has 0 aliphatic carbocycles. The van der Waals surface area contributed by atoms with E-state index in [1.165, 1.54) is 10.5 Å². The van der Waals surface area contributed by atoms with Crippen LogP contribution in [0.25, 0.3) is 10.4 Å². The lowest BCUT2D eigenvalue weighted by Gasteiger charge is -2.16. The van der Waals surface area contributed by atoms with Crippen LogP contribution < -0.4 is 0 Å². The summed E-state index contributed by atoms with van der Waals surface area (Å²) < 4.78 is 39.1. The maximum atomic E-state index is 12.3. The summed E-state index contributed by atoms with van der Waals surface area (Å²) in [5, 5.41) is 3.25. The highest BCUT2D eigenvalue weighted by Crippen LogP contribution is 2.35. The van der Waals surface area contributed by atoms with E-state index in [1.807, 2.05) is 18.2 Å². The van der Waals surface area contributed by atoms with Gasteiger partial charge in [0.15, 0.2) is 0 Å². The maximum absolute atomic E-state index is 12.3. The van der Waals surface area contributed by atoms with Gasteiger partial charge in [-0.2, -0.15) is 13.2 Å². The first-order valence-corrected chi connectivity index (χ1v) is 7.37. The molecule has 0 radical (unpaired) electrons. The van der Waals surface area contributed by atoms with Gasteiger partial charge in [-0.15, -0.1) is 0 Å². The molecule has 4 nitrogen and oxygen atoms in total. The fourth-order valence-corrected chi connectivity index (χ4v) is 3.35. The summed E-state index contributed by atoms with van der Waals surface area (Å²) in [4.78, 5) is 3.70. The molecule has 0 aromatic heterocycles. The molecule has 0 saturated carbocycles. The average Bonchev–Trinajstić information content (AvgIpc) is 2.79. The van der Waals surface area contributed by atoms with E-state index in [-0.39, 0.29) is 6.42 Å². The highest BCUT2D eigenvalue weighted by Gasteiger charge is 2.31. The first-order valence-electron chi connectivity index (χ1n) is 6.60. The second-order valence-corrected chi connectivity index (χ2v) is 6.02. The fraction of sp³-hybridized carbons (Fsp3) is 0.538. The number of rotatable bonds is 6. The van der Waals surface area contributed by atoms with Gasteiger partial charge in [0.1, 0.15) is 0 Å². The second kappa shape index (κ2) is 7.06. The van der Waals surface area contributed by atoms with E-state index < -0.39 is 18.6 Å². The van der Waals surface area contributed by atoms with Crippen molar-refractivity contribution in [3.05, 3.63) is 40.3 Å². The van der Waals surface area contributed by atoms with Gasteiger partial charge in [0.25, 0.3) is 0 Å². The van der Waals surface area contributed by atoms with Crippen LogP contribution in [0.2, 0.25) is 0 Å². The van der Waals surface area contributed by atoms with Crippen molar-refractivity contribution in [1.29, 1.82) is 0 Å². The Bertz CT molecular complexity index is 503. The van der Waals surface area contributed by atoms with Crippen molar-refractivity contribution >= 4 is 11.9 Å². The summed E-state index contributed by atoms with van der Waals surface area (Å²) in [6.07, 6.45) is -4.53. The summed E-state index contributed by atoms with van der Waals surface area (Å²) in [6, 6.07) is 7.02. The average molecular weight is 316 g/mol. The molecule has 0 N–H and O–H groups in total. The topological polar surface area (TPSA) is 52.0 Å². The summed E-state index contributed by atoms with van der Waals surface area (Å²) in [5.41, 5.74) is 9.58. The molecule has 0 amide bonds. The molecule has 0 spiro atoms. The third-order valence-corrected chi connectivity index (χ3v) is 4.34. The van der Waals surface area contributed by atoms with Crippen LogP contribution in [0.5, 0.6) is 0 Å². The minimum absolute atomic E-state index is 0.247. The van der Waals surface area contributed by atoms with Crippen molar-refractivity contribution in [3.8, 4) is 0 Å². The smallest absolute Gasteiger partial charge is 0.242 e. The van der Waals surface area contributed by atoms with Crippen LogP contribution in [0.1, 0.15) is 24.8 Å². The zero-order chi connectivity index (χ0) is 15.3. The normalized spacial score (nSPS) is 16.3. The number of fused-ring (bicyclic) bond motifs is 1. The fourth-order valence-electron chi connectivity index (χ4n) is 2.25. The predicted octanol–water partition coefficient (Wildman–Crippen LogP) is 4.92. The zero-order valence-electron chi connectivity index (χ0n) is 11.3. The molecule has 1 atom stereocenters. The second-order valence-electron chi connectivity index (χ2n) is 4.88. The SMILES string of the molecule is [N-]=[N+]=NC(CCCN1Cc2ccccc2S1)CC(F)(F)F. The lowest BCUT2D eigenvalue weighted by atomic mass is 10.1. The highest BCUT2D eigenvalue weighted by molar-refractivity contribution is 7.97. The van der Waals surface area contributed by atoms with Gasteiger partial charge >= 0.3 is 6.18 Å². The van der Waals surface area contributed by atoms with Crippen LogP contribution in [0, 0.1) is 0 Å². The molecular formula is C13H15F3N4S. The number of azide groups is 1. The zero-order valence-corrected chi connectivity index (χ0v) is 12.1. The van der Waals surface area contributed by atoms with Crippen molar-refractivity contribution in [2.75, 3.05) is 6.54 Å². The van der Waals surface area contributed by atoms with E-state index >= 15 is 0 Å². The van der Waals surface area contributed by atoms with Crippen LogP contribution in [-0.2, 0) is 6.54 Å². The molecule has 1 unspecified atom stereocenters. The van der Waals surface area contributed by atoms with Crippen molar-refractivity contribution in [2.24, 2.45) is 5.11 Å². The van der Waals surface area contributed by atoms with Gasteiger partial charge in [-0.05, 0) is 42.0 Å². The van der Waals surface area contributed by atoms with Crippen LogP contribution >= 0.6 is 11.9 Å². The predicted molar refractivity (Wildman–Crippen MR) is 75.5 cm³/mol. The largest absolute Gasteiger partial charge is 0.389 e. The molecule has 1 aromatic carbocycles. The standard InChI is InChI=1S/C13H15F3N4S/c14-13(15,16)8-11(18-19-17)5-3-7-20-9-10-4-1-2-6-12(10)21-20/h1-2,4,6,11H,3,5,7-9H2. The Labute approximate surface area is 125 Å². The molecule has 21 heavy (non-hydrogen) atoms. The monoisotopic (exact) mass is 316 g/mol. The highest BCUT2D eigenvalue weighted by atomic mass is 32.2. The van der Waals surface area contributed by atoms with E-state index in [0.717, 1.165) is 6.54 Å². The maximum Gasteiger partial charge on any atom is 0.389 e. The lowest BCUT2D eigenvalue weighted by Crippen LogP contribution is -2.19. The molecule has 0 saturated heterocycles. The van der Waals surface area contributed by atoms with Crippen LogP contribution in [0.3, 0.4) is 0 Å². The summed E-state index contributed by atoms with van der Waals surface area (Å²) >= 11 is 1.62. The van der Waals surface area contributed by atoms with Gasteiger partial charge in [0, 0.05) is 28.9 Å². The van der Waals surface area contributed by atoms with Crippen LogP contribution in [-0.4, -0.2) is 23.1 Å². The Balaban J connectivity index is 1.77. The number of halogens is 3. The molecule has 0 fully saturated rings. The summed E-state index contributed by atoms with van der Waals surface area (Å²) in [5.74, 6) is 0. The van der Waals surface area contributed by atoms with Crippen LogP contribution in [0.4, 0.5) is 13.2 Å². The van der Waals surface area contributed by atoms with E-state index in [9.17, 15) is 13.2 Å². The number of hydrogen-bond donors (Lipinski definition) is 0. The Morgan fingerprint density at radius 2 is 2.14 bits per heavy atom. The van der Waals surface area contributed by atoms with E-state index in [0.29, 0.717) is 13.0 Å². The van der Waals surface area contributed by atoms with Crippen molar-refractivity contribution in [3.63, 3.8) is 0 Å². The number of hydrogen-bond acceptors (Lipinski definition) is 3. The van der Waals surface area contributed by atoms with E-state index in [4.69, 9.17) is 5.53 Å². The Morgan fingerprint density at radius 1 is 1.38 bits per heavy atom. The van der Waals surface area contributed by atoms with Gasteiger partial charge in [-0.25, -0.2) is 4.31 Å². The first-order chi connectivity index (χ1) is 9.98. The Morgan fingerprint density at radius 3 is 2.81 bits per heavy atom. The number of nitrogens with zero attached hydrogens (tertiary/aromatic N) is 4. The van der Waals surface area contributed by atoms with E-state index in [1.54, 1.807) is 11.9 Å². The minimum atomic E-state index is -4.29. The molecule has 114 valence electrons. The van der Waals surface area contributed by atoms with Crippen molar-refractivity contribution < 1.29 is 13.2 Å². The van der Waals surface area contributed by atoms with Gasteiger partial charge in [0.2, 0.25) is 0 Å². The minimum Gasteiger partial charge on any atom is -0.242 e. The quantitative estimate of drug-likeness (QED) is 0.324.